The van der Waals surface area contributed by atoms with Crippen LogP contribution < -0.4 is 5.73 Å². The first kappa shape index (κ1) is 13.0. The van der Waals surface area contributed by atoms with Gasteiger partial charge >= 0.3 is 0 Å². The lowest BCUT2D eigenvalue weighted by Crippen LogP contribution is -1.92. The quantitative estimate of drug-likeness (QED) is 0.586. The van der Waals surface area contributed by atoms with E-state index in [0.29, 0.717) is 5.82 Å². The van der Waals surface area contributed by atoms with Crippen LogP contribution in [0.2, 0.25) is 0 Å². The number of hydrogen-bond acceptors (Lipinski definition) is 4. The fraction of sp³-hybridized carbons (Fsp3) is 0. The van der Waals surface area contributed by atoms with Crippen molar-refractivity contribution in [3.05, 3.63) is 54.5 Å². The second kappa shape index (κ2) is 4.92. The maximum Gasteiger partial charge on any atom is 0.149 e. The number of nitrogens with two attached hydrogens (primary N) is 1. The van der Waals surface area contributed by atoms with E-state index in [1.807, 2.05) is 18.2 Å². The van der Waals surface area contributed by atoms with Crippen molar-refractivity contribution in [1.29, 1.82) is 0 Å². The van der Waals surface area contributed by atoms with Crippen LogP contribution in [-0.4, -0.2) is 15.0 Å². The summed E-state index contributed by atoms with van der Waals surface area (Å²) in [4.78, 5) is 11.9. The van der Waals surface area contributed by atoms with Gasteiger partial charge in [-0.3, -0.25) is 0 Å². The SMILES string of the molecule is Nc1ncccc1-c1nc2[nH]c(-c3ccc(F)cc3)cc2s1. The predicted molar refractivity (Wildman–Crippen MR) is 87.0 cm³/mol. The van der Waals surface area contributed by atoms with Crippen molar-refractivity contribution in [2.24, 2.45) is 0 Å². The van der Waals surface area contributed by atoms with E-state index in [1.165, 1.54) is 12.1 Å². The monoisotopic (exact) mass is 310 g/mol. The molecule has 108 valence electrons. The van der Waals surface area contributed by atoms with Gasteiger partial charge < -0.3 is 10.7 Å². The Morgan fingerprint density at radius 1 is 1.14 bits per heavy atom. The number of hydrogen-bond donors (Lipinski definition) is 2. The van der Waals surface area contributed by atoms with E-state index in [0.717, 1.165) is 32.2 Å². The lowest BCUT2D eigenvalue weighted by atomic mass is 10.1. The van der Waals surface area contributed by atoms with Crippen LogP contribution in [0.15, 0.2) is 48.7 Å². The highest BCUT2D eigenvalue weighted by molar-refractivity contribution is 7.21. The molecule has 6 heteroatoms. The first-order chi connectivity index (χ1) is 10.7. The number of pyridine rings is 1. The van der Waals surface area contributed by atoms with Crippen molar-refractivity contribution in [2.75, 3.05) is 5.73 Å². The van der Waals surface area contributed by atoms with E-state index < -0.39 is 0 Å². The molecule has 0 saturated heterocycles. The Balaban J connectivity index is 1.77. The van der Waals surface area contributed by atoms with Crippen molar-refractivity contribution in [1.82, 2.24) is 15.0 Å². The lowest BCUT2D eigenvalue weighted by Gasteiger charge is -1.99. The predicted octanol–water partition coefficient (Wildman–Crippen LogP) is 4.07. The van der Waals surface area contributed by atoms with Gasteiger partial charge in [0.15, 0.2) is 0 Å². The smallest absolute Gasteiger partial charge is 0.149 e. The molecule has 0 aliphatic rings. The number of aromatic amines is 1. The number of nitrogens with zero attached hydrogens (tertiary/aromatic N) is 2. The lowest BCUT2D eigenvalue weighted by molar-refractivity contribution is 0.628. The van der Waals surface area contributed by atoms with Gasteiger partial charge in [-0.2, -0.15) is 0 Å². The maximum absolute atomic E-state index is 13.0. The zero-order chi connectivity index (χ0) is 15.1. The van der Waals surface area contributed by atoms with Crippen LogP contribution in [0, 0.1) is 5.82 Å². The molecule has 0 amide bonds. The van der Waals surface area contributed by atoms with Crippen LogP contribution >= 0.6 is 11.3 Å². The van der Waals surface area contributed by atoms with Crippen LogP contribution in [0.5, 0.6) is 0 Å². The molecule has 0 aliphatic carbocycles. The van der Waals surface area contributed by atoms with Crippen LogP contribution in [-0.2, 0) is 0 Å². The number of nitrogen functional groups attached to an aromatic ring is 1. The first-order valence-electron chi connectivity index (χ1n) is 6.67. The van der Waals surface area contributed by atoms with Gasteiger partial charge in [-0.1, -0.05) is 0 Å². The fourth-order valence-electron chi connectivity index (χ4n) is 2.31. The highest BCUT2D eigenvalue weighted by Gasteiger charge is 2.12. The van der Waals surface area contributed by atoms with E-state index in [4.69, 9.17) is 5.73 Å². The molecule has 0 atom stereocenters. The number of halogens is 1. The van der Waals surface area contributed by atoms with Gasteiger partial charge in [0.05, 0.1) is 10.3 Å². The van der Waals surface area contributed by atoms with E-state index >= 15 is 0 Å². The van der Waals surface area contributed by atoms with E-state index in [9.17, 15) is 4.39 Å². The summed E-state index contributed by atoms with van der Waals surface area (Å²) in [5, 5.41) is 0.831. The zero-order valence-corrected chi connectivity index (χ0v) is 12.2. The Kier molecular flexibility index (Phi) is 2.90. The maximum atomic E-state index is 13.0. The molecule has 0 spiro atoms. The van der Waals surface area contributed by atoms with Gasteiger partial charge in [-0.15, -0.1) is 11.3 Å². The third-order valence-electron chi connectivity index (χ3n) is 3.41. The average molecular weight is 310 g/mol. The fourth-order valence-corrected chi connectivity index (χ4v) is 3.31. The van der Waals surface area contributed by atoms with Crippen LogP contribution in [0.1, 0.15) is 0 Å². The van der Waals surface area contributed by atoms with E-state index in [2.05, 4.69) is 15.0 Å². The van der Waals surface area contributed by atoms with Crippen LogP contribution in [0.25, 0.3) is 32.2 Å². The molecule has 22 heavy (non-hydrogen) atoms. The second-order valence-electron chi connectivity index (χ2n) is 4.86. The summed E-state index contributed by atoms with van der Waals surface area (Å²) in [5.41, 5.74) is 9.36. The standard InChI is InChI=1S/C16H11FN4S/c17-10-5-3-9(4-6-10)12-8-13-15(20-12)21-16(22-13)11-2-1-7-19-14(11)18/h1-8,20H,(H2,18,19). The Bertz CT molecular complexity index is 924. The normalized spacial score (nSPS) is 11.1. The molecule has 0 aliphatic heterocycles. The zero-order valence-electron chi connectivity index (χ0n) is 11.4. The van der Waals surface area contributed by atoms with Crippen molar-refractivity contribution in [3.63, 3.8) is 0 Å². The molecule has 3 N–H and O–H groups in total. The van der Waals surface area contributed by atoms with Crippen molar-refractivity contribution in [3.8, 4) is 21.8 Å². The first-order valence-corrected chi connectivity index (χ1v) is 7.49. The topological polar surface area (TPSA) is 67.6 Å². The number of fused-ring (bicyclic) bond motifs is 1. The van der Waals surface area contributed by atoms with E-state index in [-0.39, 0.29) is 5.82 Å². The summed E-state index contributed by atoms with van der Waals surface area (Å²) in [7, 11) is 0. The molecule has 3 aromatic heterocycles. The summed E-state index contributed by atoms with van der Waals surface area (Å²) >= 11 is 1.55. The molecule has 4 aromatic rings. The number of aromatic nitrogens is 3. The van der Waals surface area contributed by atoms with Gasteiger partial charge in [0.2, 0.25) is 0 Å². The Morgan fingerprint density at radius 3 is 2.68 bits per heavy atom. The van der Waals surface area contributed by atoms with Crippen molar-refractivity contribution >= 4 is 27.5 Å². The number of nitrogens with one attached hydrogen (secondary N) is 1. The van der Waals surface area contributed by atoms with Crippen LogP contribution in [0.3, 0.4) is 0 Å². The van der Waals surface area contributed by atoms with Gasteiger partial charge in [0.1, 0.15) is 22.3 Å². The second-order valence-corrected chi connectivity index (χ2v) is 5.89. The molecule has 4 rings (SSSR count). The summed E-state index contributed by atoms with van der Waals surface area (Å²) in [6, 6.07) is 12.1. The molecular formula is C16H11FN4S. The number of rotatable bonds is 2. The number of H-pyrrole nitrogens is 1. The molecule has 0 fully saturated rings. The molecule has 3 heterocycles. The Labute approximate surface area is 129 Å². The average Bonchev–Trinajstić information content (AvgIpc) is 3.07. The number of anilines is 1. The molecule has 0 radical (unpaired) electrons. The minimum absolute atomic E-state index is 0.246. The molecule has 0 saturated carbocycles. The number of thiazole rings is 1. The number of benzene rings is 1. The largest absolute Gasteiger partial charge is 0.383 e. The van der Waals surface area contributed by atoms with Crippen LogP contribution in [0.4, 0.5) is 10.2 Å². The highest BCUT2D eigenvalue weighted by atomic mass is 32.1. The minimum atomic E-state index is -0.246. The summed E-state index contributed by atoms with van der Waals surface area (Å²) in [5.74, 6) is 0.224. The molecule has 0 bridgehead atoms. The third kappa shape index (κ3) is 2.14. The summed E-state index contributed by atoms with van der Waals surface area (Å²) in [6.07, 6.45) is 1.66. The molecule has 1 aromatic carbocycles. The minimum Gasteiger partial charge on any atom is -0.383 e. The third-order valence-corrected chi connectivity index (χ3v) is 4.44. The van der Waals surface area contributed by atoms with Crippen molar-refractivity contribution < 1.29 is 4.39 Å². The van der Waals surface area contributed by atoms with Crippen molar-refractivity contribution in [2.45, 2.75) is 0 Å². The van der Waals surface area contributed by atoms with Gasteiger partial charge in [-0.05, 0) is 48.0 Å². The summed E-state index contributed by atoms with van der Waals surface area (Å²) in [6.45, 7) is 0. The van der Waals surface area contributed by atoms with Gasteiger partial charge in [0.25, 0.3) is 0 Å². The van der Waals surface area contributed by atoms with E-state index in [1.54, 1.807) is 29.7 Å². The Morgan fingerprint density at radius 2 is 1.95 bits per heavy atom. The molecular weight excluding hydrogens is 299 g/mol. The highest BCUT2D eigenvalue weighted by Crippen LogP contribution is 2.34. The molecule has 4 nitrogen and oxygen atoms in total. The van der Waals surface area contributed by atoms with Gasteiger partial charge in [-0.25, -0.2) is 14.4 Å². The summed E-state index contributed by atoms with van der Waals surface area (Å²) < 4.78 is 14.0. The Hall–Kier alpha value is -2.73. The molecule has 0 unspecified atom stereocenters. The van der Waals surface area contributed by atoms with Gasteiger partial charge in [0, 0.05) is 11.9 Å².